The number of rotatable bonds is 0. The van der Waals surface area contributed by atoms with Crippen molar-refractivity contribution in [3.63, 3.8) is 0 Å². The number of anilines is 1. The van der Waals surface area contributed by atoms with Crippen molar-refractivity contribution in [3.8, 4) is 0 Å². The van der Waals surface area contributed by atoms with Gasteiger partial charge >= 0.3 is 0 Å². The Balaban J connectivity index is 2.60. The molecule has 0 aliphatic carbocycles. The highest BCUT2D eigenvalue weighted by atomic mass is 127. The van der Waals surface area contributed by atoms with E-state index in [1.807, 2.05) is 17.0 Å². The van der Waals surface area contributed by atoms with E-state index >= 15 is 0 Å². The summed E-state index contributed by atoms with van der Waals surface area (Å²) in [6, 6.07) is 6.25. The van der Waals surface area contributed by atoms with Crippen molar-refractivity contribution in [1.82, 2.24) is 0 Å². The zero-order valence-electron chi connectivity index (χ0n) is 10.3. The molecule has 0 aromatic heterocycles. The maximum Gasteiger partial charge on any atom is 0.224 e. The van der Waals surface area contributed by atoms with E-state index in [0.29, 0.717) is 0 Å². The van der Waals surface area contributed by atoms with Crippen LogP contribution in [-0.4, -0.2) is 11.9 Å². The van der Waals surface area contributed by atoms with Crippen molar-refractivity contribution in [3.05, 3.63) is 27.3 Å². The number of benzene rings is 1. The SMILES string of the molecule is CC(=O)N1c2ccc(I)cc2[C@H](N)[C@@H](C)[C@@H]1C. The summed E-state index contributed by atoms with van der Waals surface area (Å²) in [5.41, 5.74) is 8.32. The van der Waals surface area contributed by atoms with Gasteiger partial charge in [-0.2, -0.15) is 0 Å². The van der Waals surface area contributed by atoms with Gasteiger partial charge in [-0.05, 0) is 59.2 Å². The molecular formula is C13H17IN2O. The second-order valence-electron chi connectivity index (χ2n) is 4.72. The summed E-state index contributed by atoms with van der Waals surface area (Å²) < 4.78 is 1.15. The summed E-state index contributed by atoms with van der Waals surface area (Å²) in [5, 5.41) is 0. The zero-order chi connectivity index (χ0) is 12.7. The molecule has 1 aliphatic heterocycles. The van der Waals surface area contributed by atoms with E-state index in [9.17, 15) is 4.79 Å². The summed E-state index contributed by atoms with van der Waals surface area (Å²) in [4.78, 5) is 13.7. The van der Waals surface area contributed by atoms with Gasteiger partial charge in [0.25, 0.3) is 0 Å². The normalized spacial score (nSPS) is 27.8. The number of fused-ring (bicyclic) bond motifs is 1. The molecule has 1 aromatic carbocycles. The Labute approximate surface area is 116 Å². The van der Waals surface area contributed by atoms with Crippen LogP contribution in [0.3, 0.4) is 0 Å². The van der Waals surface area contributed by atoms with Gasteiger partial charge < -0.3 is 10.6 Å². The van der Waals surface area contributed by atoms with Gasteiger partial charge in [-0.15, -0.1) is 0 Å². The van der Waals surface area contributed by atoms with Crippen LogP contribution in [0.1, 0.15) is 32.4 Å². The van der Waals surface area contributed by atoms with Gasteiger partial charge in [0, 0.05) is 28.3 Å². The average molecular weight is 344 g/mol. The van der Waals surface area contributed by atoms with Crippen LogP contribution in [0.2, 0.25) is 0 Å². The van der Waals surface area contributed by atoms with Gasteiger partial charge in [0.2, 0.25) is 5.91 Å². The van der Waals surface area contributed by atoms with Crippen LogP contribution in [0.25, 0.3) is 0 Å². The van der Waals surface area contributed by atoms with Crippen LogP contribution < -0.4 is 10.6 Å². The smallest absolute Gasteiger partial charge is 0.224 e. The molecule has 0 unspecified atom stereocenters. The molecule has 1 aromatic rings. The van der Waals surface area contributed by atoms with Crippen LogP contribution in [-0.2, 0) is 4.79 Å². The molecular weight excluding hydrogens is 327 g/mol. The van der Waals surface area contributed by atoms with Crippen molar-refractivity contribution in [2.45, 2.75) is 32.9 Å². The van der Waals surface area contributed by atoms with Crippen molar-refractivity contribution in [2.75, 3.05) is 4.90 Å². The van der Waals surface area contributed by atoms with Crippen molar-refractivity contribution in [1.29, 1.82) is 0 Å². The Bertz CT molecular complexity index is 461. The Hall–Kier alpha value is -0.620. The first-order chi connectivity index (χ1) is 7.93. The summed E-state index contributed by atoms with van der Waals surface area (Å²) in [7, 11) is 0. The largest absolute Gasteiger partial charge is 0.324 e. The Morgan fingerprint density at radius 1 is 1.41 bits per heavy atom. The third kappa shape index (κ3) is 2.08. The number of halogens is 1. The van der Waals surface area contributed by atoms with Crippen molar-refractivity contribution >= 4 is 34.2 Å². The fourth-order valence-corrected chi connectivity index (χ4v) is 3.02. The van der Waals surface area contributed by atoms with E-state index in [1.54, 1.807) is 6.92 Å². The molecule has 2 rings (SSSR count). The van der Waals surface area contributed by atoms with E-state index in [-0.39, 0.29) is 23.9 Å². The first kappa shape index (κ1) is 12.8. The number of amides is 1. The highest BCUT2D eigenvalue weighted by Crippen LogP contribution is 2.39. The lowest BCUT2D eigenvalue weighted by molar-refractivity contribution is -0.117. The van der Waals surface area contributed by atoms with Crippen LogP contribution in [0.15, 0.2) is 18.2 Å². The Morgan fingerprint density at radius 2 is 2.06 bits per heavy atom. The molecule has 1 aliphatic rings. The molecule has 4 heteroatoms. The third-order valence-corrected chi connectivity index (χ3v) is 4.35. The van der Waals surface area contributed by atoms with Crippen LogP contribution in [0.5, 0.6) is 0 Å². The molecule has 3 nitrogen and oxygen atoms in total. The quantitative estimate of drug-likeness (QED) is 0.736. The molecule has 0 fully saturated rings. The fraction of sp³-hybridized carbons (Fsp3) is 0.462. The number of nitrogens with zero attached hydrogens (tertiary/aromatic N) is 1. The maximum atomic E-state index is 11.8. The number of carbonyl (C=O) groups excluding carboxylic acids is 1. The number of hydrogen-bond donors (Lipinski definition) is 1. The molecule has 0 spiro atoms. The number of hydrogen-bond acceptors (Lipinski definition) is 2. The maximum absolute atomic E-state index is 11.8. The Morgan fingerprint density at radius 3 is 2.65 bits per heavy atom. The lowest BCUT2D eigenvalue weighted by atomic mass is 9.83. The summed E-state index contributed by atoms with van der Waals surface area (Å²) in [6.07, 6.45) is 0. The average Bonchev–Trinajstić information content (AvgIpc) is 2.27. The molecule has 0 saturated carbocycles. The van der Waals surface area contributed by atoms with Gasteiger partial charge in [0.1, 0.15) is 0 Å². The first-order valence-electron chi connectivity index (χ1n) is 5.78. The molecule has 3 atom stereocenters. The summed E-state index contributed by atoms with van der Waals surface area (Å²) in [5.74, 6) is 0.350. The molecule has 0 bridgehead atoms. The number of carbonyl (C=O) groups is 1. The van der Waals surface area contributed by atoms with E-state index in [2.05, 4.69) is 42.5 Å². The van der Waals surface area contributed by atoms with Crippen molar-refractivity contribution < 1.29 is 4.79 Å². The molecule has 1 amide bonds. The van der Waals surface area contributed by atoms with Crippen LogP contribution in [0, 0.1) is 9.49 Å². The first-order valence-corrected chi connectivity index (χ1v) is 6.86. The lowest BCUT2D eigenvalue weighted by Crippen LogP contribution is -2.48. The molecule has 2 N–H and O–H groups in total. The van der Waals surface area contributed by atoms with E-state index < -0.39 is 0 Å². The Kier molecular flexibility index (Phi) is 3.45. The minimum atomic E-state index is 0.00492. The topological polar surface area (TPSA) is 46.3 Å². The molecule has 1 heterocycles. The molecule has 0 radical (unpaired) electrons. The zero-order valence-corrected chi connectivity index (χ0v) is 12.4. The number of nitrogens with two attached hydrogens (primary N) is 1. The van der Waals surface area contributed by atoms with Gasteiger partial charge in [-0.1, -0.05) is 6.92 Å². The van der Waals surface area contributed by atoms with Crippen LogP contribution >= 0.6 is 22.6 Å². The second-order valence-corrected chi connectivity index (χ2v) is 5.96. The lowest BCUT2D eigenvalue weighted by Gasteiger charge is -2.42. The van der Waals surface area contributed by atoms with E-state index in [4.69, 9.17) is 5.73 Å². The molecule has 92 valence electrons. The summed E-state index contributed by atoms with van der Waals surface area (Å²) in [6.45, 7) is 5.78. The van der Waals surface area contributed by atoms with Crippen molar-refractivity contribution in [2.24, 2.45) is 11.7 Å². The van der Waals surface area contributed by atoms with Gasteiger partial charge in [0.15, 0.2) is 0 Å². The highest BCUT2D eigenvalue weighted by molar-refractivity contribution is 14.1. The summed E-state index contributed by atoms with van der Waals surface area (Å²) >= 11 is 2.27. The van der Waals surface area contributed by atoms with E-state index in [0.717, 1.165) is 14.8 Å². The van der Waals surface area contributed by atoms with Gasteiger partial charge in [-0.3, -0.25) is 4.79 Å². The third-order valence-electron chi connectivity index (χ3n) is 3.68. The second kappa shape index (κ2) is 4.57. The molecule has 0 saturated heterocycles. The predicted molar refractivity (Wildman–Crippen MR) is 77.9 cm³/mol. The fourth-order valence-electron chi connectivity index (χ4n) is 2.51. The standard InChI is InChI=1S/C13H17IN2O/c1-7-8(2)16(9(3)17)12-5-4-10(14)6-11(12)13(7)15/h4-8,13H,15H2,1-3H3/t7-,8-,13+/m0/s1. The minimum absolute atomic E-state index is 0.00492. The predicted octanol–water partition coefficient (Wildman–Crippen LogP) is 2.68. The highest BCUT2D eigenvalue weighted by Gasteiger charge is 2.36. The monoisotopic (exact) mass is 344 g/mol. The minimum Gasteiger partial charge on any atom is -0.324 e. The molecule has 17 heavy (non-hydrogen) atoms. The van der Waals surface area contributed by atoms with Crippen LogP contribution in [0.4, 0.5) is 5.69 Å². The van der Waals surface area contributed by atoms with E-state index in [1.165, 1.54) is 0 Å². The van der Waals surface area contributed by atoms with Gasteiger partial charge in [0.05, 0.1) is 0 Å². The van der Waals surface area contributed by atoms with Gasteiger partial charge in [-0.25, -0.2) is 0 Å².